The van der Waals surface area contributed by atoms with Crippen LogP contribution in [0.3, 0.4) is 0 Å². The molecule has 0 bridgehead atoms. The third kappa shape index (κ3) is 2.55. The van der Waals surface area contributed by atoms with Gasteiger partial charge < -0.3 is 0 Å². The molecule has 2 saturated carbocycles. The molecule has 0 radical (unpaired) electrons. The van der Waals surface area contributed by atoms with E-state index in [1.165, 1.54) is 19.3 Å². The summed E-state index contributed by atoms with van der Waals surface area (Å²) in [6.45, 7) is 1.92. The van der Waals surface area contributed by atoms with E-state index in [-0.39, 0.29) is 5.75 Å². The number of benzene rings is 1. The Morgan fingerprint density at radius 2 is 2.11 bits per heavy atom. The largest absolute Gasteiger partial charge is 0.228 e. The van der Waals surface area contributed by atoms with Crippen LogP contribution < -0.4 is 0 Å². The topological polar surface area (TPSA) is 34.1 Å². The maximum absolute atomic E-state index is 12.3. The van der Waals surface area contributed by atoms with Gasteiger partial charge in [-0.2, -0.15) is 0 Å². The Kier molecular flexibility index (Phi) is 3.18. The van der Waals surface area contributed by atoms with E-state index in [0.29, 0.717) is 22.1 Å². The summed E-state index contributed by atoms with van der Waals surface area (Å²) in [6, 6.07) is 5.54. The molecule has 19 heavy (non-hydrogen) atoms. The molecule has 4 heteroatoms. The van der Waals surface area contributed by atoms with Crippen LogP contribution in [-0.4, -0.2) is 14.2 Å². The lowest BCUT2D eigenvalue weighted by atomic mass is 9.80. The van der Waals surface area contributed by atoms with Gasteiger partial charge in [-0.25, -0.2) is 8.42 Å². The molecule has 0 N–H and O–H groups in total. The van der Waals surface area contributed by atoms with Crippen LogP contribution in [0.25, 0.3) is 0 Å². The second-order valence-corrected chi connectivity index (χ2v) is 8.72. The third-order valence-electron chi connectivity index (χ3n) is 4.88. The van der Waals surface area contributed by atoms with Gasteiger partial charge in [-0.3, -0.25) is 0 Å². The molecule has 2 nitrogen and oxygen atoms in total. The lowest BCUT2D eigenvalue weighted by Crippen LogP contribution is -2.20. The zero-order valence-electron chi connectivity index (χ0n) is 11.2. The second kappa shape index (κ2) is 4.49. The van der Waals surface area contributed by atoms with Crippen molar-refractivity contribution in [3.8, 4) is 0 Å². The summed E-state index contributed by atoms with van der Waals surface area (Å²) < 4.78 is 24.6. The molecule has 3 rings (SSSR count). The smallest absolute Gasteiger partial charge is 0.154 e. The van der Waals surface area contributed by atoms with Gasteiger partial charge in [0.05, 0.1) is 11.5 Å². The Balaban J connectivity index is 1.71. The van der Waals surface area contributed by atoms with E-state index < -0.39 is 9.84 Å². The molecule has 2 aliphatic carbocycles. The summed E-state index contributed by atoms with van der Waals surface area (Å²) >= 11 is 6.12. The Morgan fingerprint density at radius 1 is 1.37 bits per heavy atom. The second-order valence-electron chi connectivity index (χ2n) is 6.21. The van der Waals surface area contributed by atoms with Crippen LogP contribution in [0.1, 0.15) is 36.8 Å². The van der Waals surface area contributed by atoms with Crippen molar-refractivity contribution in [3.05, 3.63) is 34.3 Å². The minimum Gasteiger partial charge on any atom is -0.228 e. The molecule has 0 aromatic heterocycles. The first kappa shape index (κ1) is 13.4. The summed E-state index contributed by atoms with van der Waals surface area (Å²) in [6.07, 6.45) is 4.87. The van der Waals surface area contributed by atoms with Crippen molar-refractivity contribution in [1.82, 2.24) is 0 Å². The minimum absolute atomic E-state index is 0.0884. The predicted octanol–water partition coefficient (Wildman–Crippen LogP) is 3.75. The molecule has 0 amide bonds. The summed E-state index contributed by atoms with van der Waals surface area (Å²) in [5, 5.41) is 0.567. The highest BCUT2D eigenvalue weighted by Gasteiger charge is 2.58. The van der Waals surface area contributed by atoms with Crippen molar-refractivity contribution in [2.24, 2.45) is 11.3 Å². The quantitative estimate of drug-likeness (QED) is 0.848. The Bertz CT molecular complexity index is 582. The molecular formula is C15H19ClO2S. The van der Waals surface area contributed by atoms with E-state index in [1.807, 2.05) is 19.1 Å². The summed E-state index contributed by atoms with van der Waals surface area (Å²) in [5.74, 6) is 0.844. The van der Waals surface area contributed by atoms with Gasteiger partial charge >= 0.3 is 0 Å². The van der Waals surface area contributed by atoms with E-state index >= 15 is 0 Å². The van der Waals surface area contributed by atoms with Crippen molar-refractivity contribution in [3.63, 3.8) is 0 Å². The van der Waals surface area contributed by atoms with Crippen LogP contribution in [0.15, 0.2) is 18.2 Å². The normalized spacial score (nSPS) is 24.2. The number of hydrogen-bond donors (Lipinski definition) is 0. The third-order valence-corrected chi connectivity index (χ3v) is 6.87. The zero-order valence-corrected chi connectivity index (χ0v) is 12.7. The Morgan fingerprint density at radius 3 is 2.63 bits per heavy atom. The zero-order chi connectivity index (χ0) is 13.7. The predicted molar refractivity (Wildman–Crippen MR) is 78.1 cm³/mol. The minimum atomic E-state index is -3.05. The van der Waals surface area contributed by atoms with Crippen LogP contribution >= 0.6 is 11.6 Å². The molecule has 0 saturated heterocycles. The van der Waals surface area contributed by atoms with Gasteiger partial charge in [0.25, 0.3) is 0 Å². The summed E-state index contributed by atoms with van der Waals surface area (Å²) in [5.41, 5.74) is 2.15. The van der Waals surface area contributed by atoms with E-state index in [0.717, 1.165) is 17.5 Å². The Labute approximate surface area is 120 Å². The molecule has 1 aromatic rings. The van der Waals surface area contributed by atoms with Crippen molar-refractivity contribution in [2.45, 2.75) is 38.4 Å². The fourth-order valence-corrected chi connectivity index (χ4v) is 5.74. The molecule has 104 valence electrons. The summed E-state index contributed by atoms with van der Waals surface area (Å²) in [4.78, 5) is 0. The van der Waals surface area contributed by atoms with E-state index in [2.05, 4.69) is 0 Å². The number of sulfone groups is 1. The van der Waals surface area contributed by atoms with Gasteiger partial charge in [-0.1, -0.05) is 30.2 Å². The van der Waals surface area contributed by atoms with Crippen LogP contribution in [0.4, 0.5) is 0 Å². The lowest BCUT2D eigenvalue weighted by Gasteiger charge is -2.26. The maximum Gasteiger partial charge on any atom is 0.154 e. The fourth-order valence-electron chi connectivity index (χ4n) is 3.35. The molecule has 1 spiro atoms. The van der Waals surface area contributed by atoms with Gasteiger partial charge in [0.1, 0.15) is 0 Å². The highest BCUT2D eigenvalue weighted by Crippen LogP contribution is 2.65. The van der Waals surface area contributed by atoms with Crippen molar-refractivity contribution < 1.29 is 8.42 Å². The average Bonchev–Trinajstić information content (AvgIpc) is 2.97. The van der Waals surface area contributed by atoms with Crippen molar-refractivity contribution in [2.75, 3.05) is 5.75 Å². The first-order chi connectivity index (χ1) is 8.92. The van der Waals surface area contributed by atoms with Crippen LogP contribution in [0, 0.1) is 18.3 Å². The standard InChI is InChI=1S/C15H19ClO2S/c1-11-4-2-5-14(16)13(11)10-19(17,18)9-12-8-15(12)6-3-7-15/h2,4-5,12H,3,6-10H2,1H3. The molecule has 1 aromatic carbocycles. The molecule has 0 heterocycles. The van der Waals surface area contributed by atoms with E-state index in [1.54, 1.807) is 6.07 Å². The average molecular weight is 299 g/mol. The number of aryl methyl sites for hydroxylation is 1. The number of rotatable bonds is 4. The lowest BCUT2D eigenvalue weighted by molar-refractivity contribution is 0.264. The first-order valence-corrected chi connectivity index (χ1v) is 9.06. The van der Waals surface area contributed by atoms with Crippen LogP contribution in [0.5, 0.6) is 0 Å². The monoisotopic (exact) mass is 298 g/mol. The van der Waals surface area contributed by atoms with Crippen molar-refractivity contribution in [1.29, 1.82) is 0 Å². The highest BCUT2D eigenvalue weighted by molar-refractivity contribution is 7.90. The number of hydrogen-bond acceptors (Lipinski definition) is 2. The maximum atomic E-state index is 12.3. The summed E-state index contributed by atoms with van der Waals surface area (Å²) in [7, 11) is -3.05. The molecule has 1 unspecified atom stereocenters. The van der Waals surface area contributed by atoms with Gasteiger partial charge in [0.15, 0.2) is 9.84 Å². The highest BCUT2D eigenvalue weighted by atomic mass is 35.5. The van der Waals surface area contributed by atoms with Crippen LogP contribution in [-0.2, 0) is 15.6 Å². The van der Waals surface area contributed by atoms with Gasteiger partial charge in [-0.15, -0.1) is 0 Å². The Hall–Kier alpha value is -0.540. The van der Waals surface area contributed by atoms with E-state index in [9.17, 15) is 8.42 Å². The molecule has 2 fully saturated rings. The molecular weight excluding hydrogens is 280 g/mol. The number of halogens is 1. The van der Waals surface area contributed by atoms with Gasteiger partial charge in [0.2, 0.25) is 0 Å². The van der Waals surface area contributed by atoms with Gasteiger partial charge in [-0.05, 0) is 54.7 Å². The van der Waals surface area contributed by atoms with E-state index in [4.69, 9.17) is 11.6 Å². The fraction of sp³-hybridized carbons (Fsp3) is 0.600. The molecule has 0 aliphatic heterocycles. The first-order valence-electron chi connectivity index (χ1n) is 6.86. The van der Waals surface area contributed by atoms with Crippen LogP contribution in [0.2, 0.25) is 5.02 Å². The van der Waals surface area contributed by atoms with Crippen molar-refractivity contribution >= 4 is 21.4 Å². The molecule has 2 aliphatic rings. The van der Waals surface area contributed by atoms with Gasteiger partial charge in [0, 0.05) is 5.02 Å². The molecule has 1 atom stereocenters. The SMILES string of the molecule is Cc1cccc(Cl)c1CS(=O)(=O)CC1CC12CCC2.